The van der Waals surface area contributed by atoms with Gasteiger partial charge in [0.15, 0.2) is 5.81 Å². The predicted octanol–water partition coefficient (Wildman–Crippen LogP) is 1.33. The van der Waals surface area contributed by atoms with Gasteiger partial charge in [-0.15, -0.1) is 0 Å². The van der Waals surface area contributed by atoms with Crippen molar-refractivity contribution < 1.29 is 14.3 Å². The number of ether oxygens (including phenoxy) is 1. The summed E-state index contributed by atoms with van der Waals surface area (Å²) in [6, 6.07) is 0. The third kappa shape index (κ3) is 2.73. The molecule has 1 rings (SSSR count). The lowest BCUT2D eigenvalue weighted by atomic mass is 9.96. The van der Waals surface area contributed by atoms with Crippen molar-refractivity contribution in [1.82, 2.24) is 4.90 Å². The summed E-state index contributed by atoms with van der Waals surface area (Å²) in [7, 11) is 6.46. The van der Waals surface area contributed by atoms with Crippen LogP contribution in [0.3, 0.4) is 0 Å². The summed E-state index contributed by atoms with van der Waals surface area (Å²) >= 11 is 0. The van der Waals surface area contributed by atoms with Crippen LogP contribution in [0.2, 0.25) is 0 Å². The summed E-state index contributed by atoms with van der Waals surface area (Å²) in [6.45, 7) is 6.21. The van der Waals surface area contributed by atoms with Crippen molar-refractivity contribution in [3.63, 3.8) is 0 Å². The number of rotatable bonds is 1. The van der Waals surface area contributed by atoms with Crippen LogP contribution in [0.25, 0.3) is 0 Å². The Balaban J connectivity index is 0.000000921. The van der Waals surface area contributed by atoms with E-state index in [4.69, 9.17) is 7.85 Å². The van der Waals surface area contributed by atoms with Gasteiger partial charge < -0.3 is 9.64 Å². The molecule has 0 aromatic carbocycles. The molecule has 1 unspecified atom stereocenters. The summed E-state index contributed by atoms with van der Waals surface area (Å²) in [5.41, 5.74) is -0.861. The van der Waals surface area contributed by atoms with Gasteiger partial charge in [-0.05, 0) is 19.8 Å². The van der Waals surface area contributed by atoms with Crippen LogP contribution in [-0.4, -0.2) is 43.7 Å². The maximum atomic E-state index is 11.4. The lowest BCUT2D eigenvalue weighted by Crippen LogP contribution is -2.51. The van der Waals surface area contributed by atoms with Gasteiger partial charge in [0, 0.05) is 6.54 Å². The minimum atomic E-state index is -0.861. The molecular formula is C10H18BNO3. The highest BCUT2D eigenvalue weighted by atomic mass is 16.5. The van der Waals surface area contributed by atoms with Crippen molar-refractivity contribution in [2.24, 2.45) is 0 Å². The minimum Gasteiger partial charge on any atom is -0.467 e. The number of hydrogen-bond donors (Lipinski definition) is 0. The van der Waals surface area contributed by atoms with Gasteiger partial charge in [0.2, 0.25) is 7.85 Å². The van der Waals surface area contributed by atoms with Crippen LogP contribution in [0.4, 0.5) is 4.79 Å². The number of amides is 1. The van der Waals surface area contributed by atoms with Crippen molar-refractivity contribution in [1.29, 1.82) is 0 Å². The molecule has 2 radical (unpaired) electrons. The molecule has 4 nitrogen and oxygen atoms in total. The maximum Gasteiger partial charge on any atom is 0.331 e. The molecule has 15 heavy (non-hydrogen) atoms. The Kier molecular flexibility index (Phi) is 5.40. The number of methoxy groups -OCH3 is 1. The van der Waals surface area contributed by atoms with Crippen LogP contribution in [0.1, 0.15) is 33.6 Å². The van der Waals surface area contributed by atoms with E-state index in [2.05, 4.69) is 4.74 Å². The zero-order valence-electron chi connectivity index (χ0n) is 9.87. The van der Waals surface area contributed by atoms with E-state index in [-0.39, 0.29) is 0 Å². The van der Waals surface area contributed by atoms with Gasteiger partial charge in [-0.2, -0.15) is 0 Å². The topological polar surface area (TPSA) is 46.6 Å². The molecular weight excluding hydrogens is 193 g/mol. The van der Waals surface area contributed by atoms with E-state index in [0.717, 1.165) is 6.42 Å². The molecule has 1 heterocycles. The third-order valence-electron chi connectivity index (χ3n) is 2.53. The van der Waals surface area contributed by atoms with Gasteiger partial charge in [-0.3, -0.25) is 4.79 Å². The standard InChI is InChI=1S/C8H12BNO3.C2H6/c1-8(6(11)13-2)4-3-5-10(8)7(9)12;1-2/h3-5H2,1-2H3;1-2H3. The number of nitrogens with zero attached hydrogens (tertiary/aromatic N) is 1. The first kappa shape index (κ1) is 14.0. The average molecular weight is 211 g/mol. The van der Waals surface area contributed by atoms with E-state index >= 15 is 0 Å². The quantitative estimate of drug-likeness (QED) is 0.485. The fourth-order valence-corrected chi connectivity index (χ4v) is 1.75. The zero-order valence-corrected chi connectivity index (χ0v) is 9.87. The second-order valence-electron chi connectivity index (χ2n) is 3.36. The fourth-order valence-electron chi connectivity index (χ4n) is 1.75. The third-order valence-corrected chi connectivity index (χ3v) is 2.53. The molecule has 84 valence electrons. The molecule has 1 saturated heterocycles. The number of carbonyl (C=O) groups excluding carboxylic acids is 2. The summed E-state index contributed by atoms with van der Waals surface area (Å²) in [4.78, 5) is 23.7. The van der Waals surface area contributed by atoms with E-state index in [1.807, 2.05) is 13.8 Å². The van der Waals surface area contributed by atoms with Gasteiger partial charge in [0.1, 0.15) is 5.54 Å². The smallest absolute Gasteiger partial charge is 0.331 e. The molecule has 0 aromatic heterocycles. The van der Waals surface area contributed by atoms with Gasteiger partial charge in [0.05, 0.1) is 7.11 Å². The average Bonchev–Trinajstić information content (AvgIpc) is 2.63. The normalized spacial score (nSPS) is 24.1. The first-order valence-corrected chi connectivity index (χ1v) is 5.18. The molecule has 0 saturated carbocycles. The number of hydrogen-bond acceptors (Lipinski definition) is 3. The van der Waals surface area contributed by atoms with E-state index in [1.54, 1.807) is 6.92 Å². The lowest BCUT2D eigenvalue weighted by molar-refractivity contribution is -0.150. The van der Waals surface area contributed by atoms with Gasteiger partial charge in [-0.1, -0.05) is 13.8 Å². The number of likely N-dealkylation sites (tertiary alicyclic amines) is 1. The van der Waals surface area contributed by atoms with Crippen molar-refractivity contribution >= 4 is 19.6 Å². The van der Waals surface area contributed by atoms with Crippen LogP contribution in [0, 0.1) is 0 Å². The molecule has 1 aliphatic rings. The van der Waals surface area contributed by atoms with Crippen LogP contribution in [0.5, 0.6) is 0 Å². The molecule has 0 aliphatic carbocycles. The van der Waals surface area contributed by atoms with Gasteiger partial charge >= 0.3 is 5.97 Å². The molecule has 0 aromatic rings. The largest absolute Gasteiger partial charge is 0.467 e. The van der Waals surface area contributed by atoms with Crippen LogP contribution in [0.15, 0.2) is 0 Å². The van der Waals surface area contributed by atoms with Crippen LogP contribution in [-0.2, 0) is 9.53 Å². The predicted molar refractivity (Wildman–Crippen MR) is 58.9 cm³/mol. The Bertz CT molecular complexity index is 245. The van der Waals surface area contributed by atoms with E-state index in [9.17, 15) is 9.59 Å². The highest BCUT2D eigenvalue weighted by Gasteiger charge is 2.45. The van der Waals surface area contributed by atoms with Gasteiger partial charge in [-0.25, -0.2) is 4.79 Å². The number of esters is 1. The summed E-state index contributed by atoms with van der Waals surface area (Å²) < 4.78 is 4.63. The number of carbonyl (C=O) groups is 2. The minimum absolute atomic E-state index is 0.399. The second-order valence-corrected chi connectivity index (χ2v) is 3.36. The lowest BCUT2D eigenvalue weighted by Gasteiger charge is -2.31. The van der Waals surface area contributed by atoms with Gasteiger partial charge in [0.25, 0.3) is 0 Å². The Morgan fingerprint density at radius 1 is 1.40 bits per heavy atom. The monoisotopic (exact) mass is 211 g/mol. The Labute approximate surface area is 92.4 Å². The van der Waals surface area contributed by atoms with E-state index in [1.165, 1.54) is 12.0 Å². The molecule has 0 N–H and O–H groups in total. The first-order chi connectivity index (χ1) is 7.02. The zero-order chi connectivity index (χ0) is 12.1. The first-order valence-electron chi connectivity index (χ1n) is 5.18. The Morgan fingerprint density at radius 2 is 1.93 bits per heavy atom. The summed E-state index contributed by atoms with van der Waals surface area (Å²) in [5, 5.41) is 0. The maximum absolute atomic E-state index is 11.4. The molecule has 1 amide bonds. The Hall–Kier alpha value is -0.995. The SMILES string of the molecule is CC.[B]C(=O)N1CCCC1(C)C(=O)OC. The van der Waals surface area contributed by atoms with E-state index < -0.39 is 17.3 Å². The molecule has 0 bridgehead atoms. The molecule has 5 heteroatoms. The summed E-state index contributed by atoms with van der Waals surface area (Å²) in [5.74, 6) is -0.964. The highest BCUT2D eigenvalue weighted by molar-refractivity contribution is 6.57. The van der Waals surface area contributed by atoms with Crippen LogP contribution >= 0.6 is 0 Å². The Morgan fingerprint density at radius 3 is 2.33 bits per heavy atom. The molecule has 1 aliphatic heterocycles. The second kappa shape index (κ2) is 5.78. The van der Waals surface area contributed by atoms with Crippen LogP contribution < -0.4 is 0 Å². The fraction of sp³-hybridized carbons (Fsp3) is 0.800. The summed E-state index contributed by atoms with van der Waals surface area (Å²) in [6.07, 6.45) is 1.40. The molecule has 1 fully saturated rings. The molecule has 0 spiro atoms. The molecule has 1 atom stereocenters. The van der Waals surface area contributed by atoms with E-state index in [0.29, 0.717) is 13.0 Å². The van der Waals surface area contributed by atoms with Crippen molar-refractivity contribution in [3.8, 4) is 0 Å². The highest BCUT2D eigenvalue weighted by Crippen LogP contribution is 2.29. The van der Waals surface area contributed by atoms with Crippen molar-refractivity contribution in [3.05, 3.63) is 0 Å². The van der Waals surface area contributed by atoms with Crippen molar-refractivity contribution in [2.75, 3.05) is 13.7 Å². The van der Waals surface area contributed by atoms with Crippen molar-refractivity contribution in [2.45, 2.75) is 39.2 Å².